The molecule has 0 saturated carbocycles. The molecular weight excluding hydrogens is 366 g/mol. The first-order valence-electron chi connectivity index (χ1n) is 8.68. The first-order valence-corrected chi connectivity index (χ1v) is 9.62. The van der Waals surface area contributed by atoms with Gasteiger partial charge >= 0.3 is 0 Å². The molecule has 27 heavy (non-hydrogen) atoms. The van der Waals surface area contributed by atoms with Crippen LogP contribution in [0.3, 0.4) is 0 Å². The van der Waals surface area contributed by atoms with Crippen LogP contribution in [-0.4, -0.2) is 40.5 Å². The Morgan fingerprint density at radius 1 is 0.741 bits per heavy atom. The lowest BCUT2D eigenvalue weighted by Gasteiger charge is -2.17. The third kappa shape index (κ3) is 3.88. The molecule has 6 nitrogen and oxygen atoms in total. The zero-order valence-corrected chi connectivity index (χ0v) is 17.1. The highest BCUT2D eigenvalue weighted by Crippen LogP contribution is 2.54. The second-order valence-corrected chi connectivity index (χ2v) is 7.54. The standard InChI is InChI=1S/C20H25NO5S/c1-22-14-8-12(9-15(23-2)19(14)25-4)17-6-7-18(27-17)13-10-16(24-3)20(26-5)21-11-13/h8-11,17-18H,6-7H2,1-5H3. The molecule has 3 rings (SSSR count). The minimum absolute atomic E-state index is 0.344. The lowest BCUT2D eigenvalue weighted by atomic mass is 10.0. The van der Waals surface area contributed by atoms with Crippen molar-refractivity contribution in [1.29, 1.82) is 0 Å². The van der Waals surface area contributed by atoms with Gasteiger partial charge in [0.2, 0.25) is 5.75 Å². The highest BCUT2D eigenvalue weighted by atomic mass is 32.2. The number of benzene rings is 1. The van der Waals surface area contributed by atoms with Crippen LogP contribution in [0.1, 0.15) is 34.5 Å². The molecule has 1 aromatic heterocycles. The molecule has 1 aliphatic rings. The Balaban J connectivity index is 1.84. The normalized spacial score (nSPS) is 18.9. The smallest absolute Gasteiger partial charge is 0.256 e. The van der Waals surface area contributed by atoms with E-state index in [1.54, 1.807) is 35.5 Å². The Kier molecular flexibility index (Phi) is 6.21. The van der Waals surface area contributed by atoms with Crippen molar-refractivity contribution in [3.05, 3.63) is 35.5 Å². The molecule has 0 aliphatic carbocycles. The monoisotopic (exact) mass is 391 g/mol. The summed E-state index contributed by atoms with van der Waals surface area (Å²) in [6.45, 7) is 0. The molecule has 2 heterocycles. The van der Waals surface area contributed by atoms with Crippen LogP contribution < -0.4 is 23.7 Å². The number of hydrogen-bond donors (Lipinski definition) is 0. The Hall–Kier alpha value is -2.28. The second-order valence-electron chi connectivity index (χ2n) is 6.13. The summed E-state index contributed by atoms with van der Waals surface area (Å²) < 4.78 is 27.0. The average molecular weight is 391 g/mol. The molecule has 0 spiro atoms. The summed E-state index contributed by atoms with van der Waals surface area (Å²) in [6, 6.07) is 6.09. The van der Waals surface area contributed by atoms with Gasteiger partial charge in [-0.2, -0.15) is 0 Å². The van der Waals surface area contributed by atoms with Gasteiger partial charge in [-0.25, -0.2) is 4.98 Å². The molecule has 1 aliphatic heterocycles. The quantitative estimate of drug-likeness (QED) is 0.692. The van der Waals surface area contributed by atoms with Crippen LogP contribution in [-0.2, 0) is 0 Å². The van der Waals surface area contributed by atoms with Gasteiger partial charge in [0, 0.05) is 16.7 Å². The summed E-state index contributed by atoms with van der Waals surface area (Å²) in [7, 11) is 8.12. The Labute approximate surface area is 164 Å². The van der Waals surface area contributed by atoms with E-state index in [-0.39, 0.29) is 0 Å². The molecular formula is C20H25NO5S. The molecule has 2 atom stereocenters. The molecule has 1 fully saturated rings. The van der Waals surface area contributed by atoms with Crippen molar-refractivity contribution < 1.29 is 23.7 Å². The van der Waals surface area contributed by atoms with Crippen LogP contribution in [0.2, 0.25) is 0 Å². The maximum absolute atomic E-state index is 5.49. The van der Waals surface area contributed by atoms with Crippen LogP contribution in [0.25, 0.3) is 0 Å². The third-order valence-corrected chi connectivity index (χ3v) is 6.38. The summed E-state index contributed by atoms with van der Waals surface area (Å²) in [6.07, 6.45) is 3.99. The van der Waals surface area contributed by atoms with Crippen LogP contribution in [0.5, 0.6) is 28.9 Å². The molecule has 0 bridgehead atoms. The Morgan fingerprint density at radius 2 is 1.30 bits per heavy atom. The average Bonchev–Trinajstić information content (AvgIpc) is 3.22. The second kappa shape index (κ2) is 8.61. The zero-order chi connectivity index (χ0) is 19.4. The Morgan fingerprint density at radius 3 is 1.81 bits per heavy atom. The molecule has 7 heteroatoms. The molecule has 0 amide bonds. The molecule has 2 aromatic rings. The number of rotatable bonds is 7. The molecule has 2 unspecified atom stereocenters. The molecule has 0 radical (unpaired) electrons. The number of aromatic nitrogens is 1. The summed E-state index contributed by atoms with van der Waals surface area (Å²) in [4.78, 5) is 4.37. The minimum Gasteiger partial charge on any atom is -0.493 e. The van der Waals surface area contributed by atoms with Gasteiger partial charge < -0.3 is 23.7 Å². The first-order chi connectivity index (χ1) is 13.1. The highest BCUT2D eigenvalue weighted by Gasteiger charge is 2.30. The van der Waals surface area contributed by atoms with E-state index in [0.29, 0.717) is 39.4 Å². The number of hydrogen-bond acceptors (Lipinski definition) is 7. The number of nitrogens with zero attached hydrogens (tertiary/aromatic N) is 1. The fourth-order valence-electron chi connectivity index (χ4n) is 3.34. The zero-order valence-electron chi connectivity index (χ0n) is 16.3. The maximum atomic E-state index is 5.49. The van der Waals surface area contributed by atoms with Crippen molar-refractivity contribution in [3.63, 3.8) is 0 Å². The fraction of sp³-hybridized carbons (Fsp3) is 0.450. The number of ether oxygens (including phenoxy) is 5. The van der Waals surface area contributed by atoms with Crippen molar-refractivity contribution in [2.45, 2.75) is 23.3 Å². The van der Waals surface area contributed by atoms with Crippen LogP contribution in [0.15, 0.2) is 24.4 Å². The lowest BCUT2D eigenvalue weighted by molar-refractivity contribution is 0.323. The summed E-state index contributed by atoms with van der Waals surface area (Å²) >= 11 is 1.91. The van der Waals surface area contributed by atoms with Gasteiger partial charge in [-0.15, -0.1) is 11.8 Å². The van der Waals surface area contributed by atoms with E-state index in [2.05, 4.69) is 4.98 Å². The summed E-state index contributed by atoms with van der Waals surface area (Å²) in [5.74, 6) is 3.15. The van der Waals surface area contributed by atoms with E-state index in [1.807, 2.05) is 36.2 Å². The minimum atomic E-state index is 0.344. The Bertz CT molecular complexity index is 773. The van der Waals surface area contributed by atoms with E-state index in [1.165, 1.54) is 5.56 Å². The van der Waals surface area contributed by atoms with Crippen molar-refractivity contribution in [1.82, 2.24) is 4.98 Å². The summed E-state index contributed by atoms with van der Waals surface area (Å²) in [5, 5.41) is 0.693. The van der Waals surface area contributed by atoms with Gasteiger partial charge in [0.1, 0.15) is 0 Å². The van der Waals surface area contributed by atoms with Crippen molar-refractivity contribution in [3.8, 4) is 28.9 Å². The number of thioether (sulfide) groups is 1. The van der Waals surface area contributed by atoms with Crippen molar-refractivity contribution >= 4 is 11.8 Å². The van der Waals surface area contributed by atoms with E-state index >= 15 is 0 Å². The van der Waals surface area contributed by atoms with Gasteiger partial charge in [0.15, 0.2) is 17.2 Å². The number of methoxy groups -OCH3 is 5. The van der Waals surface area contributed by atoms with E-state index in [9.17, 15) is 0 Å². The number of pyridine rings is 1. The molecule has 1 aromatic carbocycles. The van der Waals surface area contributed by atoms with Gasteiger partial charge in [0.05, 0.1) is 35.5 Å². The van der Waals surface area contributed by atoms with Gasteiger partial charge in [-0.05, 0) is 42.2 Å². The van der Waals surface area contributed by atoms with Crippen LogP contribution >= 0.6 is 11.8 Å². The predicted octanol–water partition coefficient (Wildman–Crippen LogP) is 4.43. The van der Waals surface area contributed by atoms with Gasteiger partial charge in [0.25, 0.3) is 5.88 Å². The van der Waals surface area contributed by atoms with E-state index < -0.39 is 0 Å². The maximum Gasteiger partial charge on any atom is 0.256 e. The fourth-order valence-corrected chi connectivity index (χ4v) is 4.86. The van der Waals surface area contributed by atoms with Gasteiger partial charge in [-0.3, -0.25) is 0 Å². The largest absolute Gasteiger partial charge is 0.493 e. The van der Waals surface area contributed by atoms with Crippen molar-refractivity contribution in [2.75, 3.05) is 35.5 Å². The SMILES string of the molecule is COc1cc(C2CCC(c3cc(OC)c(OC)c(OC)c3)S2)cnc1OC. The van der Waals surface area contributed by atoms with E-state index in [4.69, 9.17) is 23.7 Å². The van der Waals surface area contributed by atoms with Gasteiger partial charge in [-0.1, -0.05) is 0 Å². The third-order valence-electron chi connectivity index (χ3n) is 4.70. The lowest BCUT2D eigenvalue weighted by Crippen LogP contribution is -1.98. The molecule has 0 N–H and O–H groups in total. The molecule has 146 valence electrons. The first kappa shape index (κ1) is 19.5. The van der Waals surface area contributed by atoms with E-state index in [0.717, 1.165) is 18.4 Å². The topological polar surface area (TPSA) is 59.0 Å². The predicted molar refractivity (Wildman–Crippen MR) is 106 cm³/mol. The van der Waals surface area contributed by atoms with Crippen LogP contribution in [0, 0.1) is 0 Å². The van der Waals surface area contributed by atoms with Crippen molar-refractivity contribution in [2.24, 2.45) is 0 Å². The molecule has 1 saturated heterocycles. The summed E-state index contributed by atoms with van der Waals surface area (Å²) in [5.41, 5.74) is 2.32. The highest BCUT2D eigenvalue weighted by molar-refractivity contribution is 8.00. The van der Waals surface area contributed by atoms with Crippen LogP contribution in [0.4, 0.5) is 0 Å².